The van der Waals surface area contributed by atoms with E-state index in [-0.39, 0.29) is 24.4 Å². The van der Waals surface area contributed by atoms with E-state index in [1.807, 2.05) is 72.8 Å². The molecule has 176 valence electrons. The first-order valence-electron chi connectivity index (χ1n) is 12.3. The third-order valence-corrected chi connectivity index (χ3v) is 6.87. The van der Waals surface area contributed by atoms with Gasteiger partial charge in [-0.05, 0) is 22.3 Å². The van der Waals surface area contributed by atoms with Gasteiger partial charge in [-0.3, -0.25) is 0 Å². The van der Waals surface area contributed by atoms with Crippen LogP contribution in [0.25, 0.3) is 0 Å². The summed E-state index contributed by atoms with van der Waals surface area (Å²) in [6, 6.07) is 41.1. The molecule has 0 aliphatic carbocycles. The number of hydrogen-bond donors (Lipinski definition) is 0. The summed E-state index contributed by atoms with van der Waals surface area (Å²) in [4.78, 5) is 0. The van der Waals surface area contributed by atoms with Gasteiger partial charge in [-0.1, -0.05) is 121 Å². The first-order valence-corrected chi connectivity index (χ1v) is 12.3. The van der Waals surface area contributed by atoms with Gasteiger partial charge in [-0.15, -0.1) is 0 Å². The second-order valence-corrected chi connectivity index (χ2v) is 9.19. The SMILES string of the molecule is c1ccc(C2CC(c3ccccc3)O[B-]3(O2)OC(c2ccccc2)CC(c2ccccc2)O3)cc1. The number of hydrogen-bond acceptors (Lipinski definition) is 4. The molecule has 35 heavy (non-hydrogen) atoms. The third kappa shape index (κ3) is 4.81. The molecule has 2 fully saturated rings. The highest BCUT2D eigenvalue weighted by Crippen LogP contribution is 2.49. The van der Waals surface area contributed by atoms with Crippen molar-refractivity contribution in [3.05, 3.63) is 144 Å². The summed E-state index contributed by atoms with van der Waals surface area (Å²) in [7, 11) is 0. The Morgan fingerprint density at radius 3 is 0.829 bits per heavy atom. The Morgan fingerprint density at radius 1 is 0.371 bits per heavy atom. The van der Waals surface area contributed by atoms with E-state index >= 15 is 0 Å². The van der Waals surface area contributed by atoms with Crippen molar-refractivity contribution in [1.82, 2.24) is 0 Å². The van der Waals surface area contributed by atoms with Crippen LogP contribution >= 0.6 is 0 Å². The predicted octanol–water partition coefficient (Wildman–Crippen LogP) is 7.26. The predicted molar refractivity (Wildman–Crippen MR) is 136 cm³/mol. The molecule has 4 nitrogen and oxygen atoms in total. The van der Waals surface area contributed by atoms with Gasteiger partial charge in [0.05, 0.1) is 0 Å². The van der Waals surface area contributed by atoms with Crippen molar-refractivity contribution < 1.29 is 18.6 Å². The fourth-order valence-corrected chi connectivity index (χ4v) is 5.14. The van der Waals surface area contributed by atoms with Crippen LogP contribution in [0.15, 0.2) is 121 Å². The Balaban J connectivity index is 1.41. The molecule has 0 radical (unpaired) electrons. The topological polar surface area (TPSA) is 36.9 Å². The summed E-state index contributed by atoms with van der Waals surface area (Å²) >= 11 is 0. The highest BCUT2D eigenvalue weighted by molar-refractivity contribution is 6.54. The molecule has 4 aromatic carbocycles. The van der Waals surface area contributed by atoms with Crippen LogP contribution in [0.5, 0.6) is 0 Å². The first-order chi connectivity index (χ1) is 17.3. The van der Waals surface area contributed by atoms with Crippen molar-refractivity contribution in [2.75, 3.05) is 0 Å². The molecule has 2 aliphatic heterocycles. The van der Waals surface area contributed by atoms with Gasteiger partial charge in [0.15, 0.2) is 0 Å². The van der Waals surface area contributed by atoms with Crippen LogP contribution in [0.2, 0.25) is 0 Å². The van der Waals surface area contributed by atoms with Gasteiger partial charge >= 0.3 is 6.96 Å². The van der Waals surface area contributed by atoms with Crippen LogP contribution in [0, 0.1) is 0 Å². The van der Waals surface area contributed by atoms with Crippen molar-refractivity contribution in [3.63, 3.8) is 0 Å². The zero-order valence-corrected chi connectivity index (χ0v) is 19.5. The van der Waals surface area contributed by atoms with E-state index in [4.69, 9.17) is 18.6 Å². The van der Waals surface area contributed by atoms with Crippen molar-refractivity contribution in [3.8, 4) is 0 Å². The minimum atomic E-state index is -2.50. The maximum atomic E-state index is 6.65. The van der Waals surface area contributed by atoms with Crippen LogP contribution in [0.4, 0.5) is 0 Å². The molecule has 0 aromatic heterocycles. The molecular weight excluding hydrogens is 435 g/mol. The largest absolute Gasteiger partial charge is 0.532 e. The molecule has 2 heterocycles. The van der Waals surface area contributed by atoms with Gasteiger partial charge in [0.2, 0.25) is 0 Å². The van der Waals surface area contributed by atoms with E-state index in [0.717, 1.165) is 22.3 Å². The first kappa shape index (κ1) is 22.3. The third-order valence-electron chi connectivity index (χ3n) is 6.87. The smallest absolute Gasteiger partial charge is 0.512 e. The van der Waals surface area contributed by atoms with Gasteiger partial charge in [-0.25, -0.2) is 0 Å². The lowest BCUT2D eigenvalue weighted by molar-refractivity contribution is -0.174. The summed E-state index contributed by atoms with van der Waals surface area (Å²) in [5, 5.41) is 0. The maximum Gasteiger partial charge on any atom is 0.532 e. The molecule has 1 spiro atoms. The zero-order chi connectivity index (χ0) is 23.5. The lowest BCUT2D eigenvalue weighted by Crippen LogP contribution is -2.57. The molecule has 5 heteroatoms. The molecule has 2 saturated heterocycles. The van der Waals surface area contributed by atoms with E-state index in [0.29, 0.717) is 12.8 Å². The highest BCUT2D eigenvalue weighted by atomic mass is 16.9. The minimum Gasteiger partial charge on any atom is -0.512 e. The number of rotatable bonds is 4. The normalized spacial score (nSPS) is 28.6. The second-order valence-electron chi connectivity index (χ2n) is 9.19. The van der Waals surface area contributed by atoms with Crippen LogP contribution in [-0.4, -0.2) is 6.96 Å². The summed E-state index contributed by atoms with van der Waals surface area (Å²) in [5.41, 5.74) is 4.35. The van der Waals surface area contributed by atoms with E-state index in [2.05, 4.69) is 48.5 Å². The molecule has 0 saturated carbocycles. The van der Waals surface area contributed by atoms with E-state index in [1.165, 1.54) is 0 Å². The molecular formula is C30H28BO4-. The lowest BCUT2D eigenvalue weighted by Gasteiger charge is -2.56. The Bertz CT molecular complexity index is 1020. The van der Waals surface area contributed by atoms with Gasteiger partial charge < -0.3 is 18.6 Å². The molecule has 4 aromatic rings. The highest BCUT2D eigenvalue weighted by Gasteiger charge is 2.49. The molecule has 0 N–H and O–H groups in total. The van der Waals surface area contributed by atoms with E-state index in [1.54, 1.807) is 0 Å². The van der Waals surface area contributed by atoms with Gasteiger partial charge in [-0.2, -0.15) is 0 Å². The minimum absolute atomic E-state index is 0.221. The Labute approximate surface area is 206 Å². The fraction of sp³-hybridized carbons (Fsp3) is 0.200. The Morgan fingerprint density at radius 2 is 0.600 bits per heavy atom. The van der Waals surface area contributed by atoms with Gasteiger partial charge in [0.1, 0.15) is 0 Å². The zero-order valence-electron chi connectivity index (χ0n) is 19.5. The Hall–Kier alpha value is -3.22. The summed E-state index contributed by atoms with van der Waals surface area (Å²) < 4.78 is 26.6. The fourth-order valence-electron chi connectivity index (χ4n) is 5.14. The molecule has 6 rings (SSSR count). The van der Waals surface area contributed by atoms with Crippen molar-refractivity contribution in [2.24, 2.45) is 0 Å². The average molecular weight is 463 g/mol. The van der Waals surface area contributed by atoms with Crippen LogP contribution in [-0.2, 0) is 18.6 Å². The Kier molecular flexibility index (Phi) is 6.23. The van der Waals surface area contributed by atoms with Gasteiger partial charge in [0, 0.05) is 37.3 Å². The molecule has 0 bridgehead atoms. The monoisotopic (exact) mass is 463 g/mol. The quantitative estimate of drug-likeness (QED) is 0.299. The average Bonchev–Trinajstić information content (AvgIpc) is 2.94. The maximum absolute atomic E-state index is 6.65. The molecule has 2 aliphatic rings. The van der Waals surface area contributed by atoms with Crippen LogP contribution < -0.4 is 0 Å². The molecule has 4 unspecified atom stereocenters. The van der Waals surface area contributed by atoms with Crippen molar-refractivity contribution in [2.45, 2.75) is 37.3 Å². The van der Waals surface area contributed by atoms with Crippen LogP contribution in [0.3, 0.4) is 0 Å². The lowest BCUT2D eigenvalue weighted by atomic mass is 9.86. The van der Waals surface area contributed by atoms with Crippen LogP contribution in [0.1, 0.15) is 59.5 Å². The van der Waals surface area contributed by atoms with E-state index < -0.39 is 6.96 Å². The second kappa shape index (κ2) is 9.80. The molecule has 0 amide bonds. The summed E-state index contributed by atoms with van der Waals surface area (Å²) in [6.45, 7) is -2.50. The summed E-state index contributed by atoms with van der Waals surface area (Å²) in [6.07, 6.45) is 0.469. The van der Waals surface area contributed by atoms with E-state index in [9.17, 15) is 0 Å². The summed E-state index contributed by atoms with van der Waals surface area (Å²) in [5.74, 6) is 0. The van der Waals surface area contributed by atoms with Crippen molar-refractivity contribution >= 4 is 6.96 Å². The van der Waals surface area contributed by atoms with Crippen molar-refractivity contribution in [1.29, 1.82) is 0 Å². The van der Waals surface area contributed by atoms with Gasteiger partial charge in [0.25, 0.3) is 0 Å². The number of benzene rings is 4. The standard InChI is InChI=1S/C30H28BO4/c1-5-13-23(14-6-1)27-21-28(24-15-7-2-8-16-24)33-31(32-27)34-29(25-17-9-3-10-18-25)22-30(35-31)26-19-11-4-12-20-26/h1-20,27-30H,21-22H2/q-1. The molecule has 4 atom stereocenters.